The fraction of sp³-hybridized carbons (Fsp3) is 0.522. The van der Waals surface area contributed by atoms with Gasteiger partial charge in [-0.05, 0) is 24.9 Å². The number of hydrogen-bond donors (Lipinski definition) is 3. The molecule has 5 atom stereocenters. The van der Waals surface area contributed by atoms with Gasteiger partial charge in [-0.25, -0.2) is 4.79 Å². The number of fused-ring (bicyclic) bond motifs is 1. The van der Waals surface area contributed by atoms with E-state index in [1.807, 2.05) is 30.3 Å². The zero-order valence-corrected chi connectivity index (χ0v) is 19.2. The van der Waals surface area contributed by atoms with Gasteiger partial charge in [-0.2, -0.15) is 0 Å². The molecule has 3 amide bonds. The molecule has 3 heterocycles. The Balaban J connectivity index is 1.11. The number of carbonyl (C=O) groups excluding carboxylic acids is 3. The monoisotopic (exact) mass is 474 g/mol. The molecule has 178 valence electrons. The Kier molecular flexibility index (Phi) is 8.02. The number of rotatable bonds is 12. The summed E-state index contributed by atoms with van der Waals surface area (Å²) in [6.07, 6.45) is 4.07. The van der Waals surface area contributed by atoms with Crippen LogP contribution in [0.4, 0.5) is 4.79 Å². The third kappa shape index (κ3) is 6.14. The first-order valence-corrected chi connectivity index (χ1v) is 12.3. The summed E-state index contributed by atoms with van der Waals surface area (Å²) in [6, 6.07) is 10.4. The SMILES string of the molecule is NCCCCC1C2C(C(=O)NC3SCC=C3C(=O)NC(=O)OCCOCc3ccccc3)N12. The Morgan fingerprint density at radius 3 is 2.70 bits per heavy atom. The first-order valence-electron chi connectivity index (χ1n) is 11.3. The molecule has 0 bridgehead atoms. The summed E-state index contributed by atoms with van der Waals surface area (Å²) in [7, 11) is 0. The molecule has 3 aliphatic heterocycles. The second kappa shape index (κ2) is 11.1. The maximum atomic E-state index is 12.5. The normalized spacial score (nSPS) is 26.7. The van der Waals surface area contributed by atoms with Crippen molar-refractivity contribution in [2.24, 2.45) is 5.73 Å². The fourth-order valence-corrected chi connectivity index (χ4v) is 5.20. The van der Waals surface area contributed by atoms with Gasteiger partial charge >= 0.3 is 6.09 Å². The Hall–Kier alpha value is -2.40. The maximum Gasteiger partial charge on any atom is 0.414 e. The van der Waals surface area contributed by atoms with E-state index in [1.54, 1.807) is 6.08 Å². The van der Waals surface area contributed by atoms with Crippen molar-refractivity contribution in [3.05, 3.63) is 47.5 Å². The van der Waals surface area contributed by atoms with Crippen LogP contribution in [0.1, 0.15) is 24.8 Å². The second-order valence-electron chi connectivity index (χ2n) is 8.24. The molecular formula is C23H30N4O5S. The van der Waals surface area contributed by atoms with Gasteiger partial charge in [-0.3, -0.25) is 19.8 Å². The third-order valence-electron chi connectivity index (χ3n) is 5.98. The lowest BCUT2D eigenvalue weighted by atomic mass is 10.1. The van der Waals surface area contributed by atoms with Crippen LogP contribution in [0.5, 0.6) is 0 Å². The van der Waals surface area contributed by atoms with Gasteiger partial charge < -0.3 is 20.5 Å². The van der Waals surface area contributed by atoms with Crippen LogP contribution in [-0.2, 0) is 25.7 Å². The predicted octanol–water partition coefficient (Wildman–Crippen LogP) is 1.14. The Morgan fingerprint density at radius 2 is 1.94 bits per heavy atom. The van der Waals surface area contributed by atoms with Gasteiger partial charge in [0, 0.05) is 17.4 Å². The number of imide groups is 1. The zero-order chi connectivity index (χ0) is 23.2. The molecule has 0 aliphatic carbocycles. The molecule has 2 fully saturated rings. The molecule has 1 aromatic carbocycles. The van der Waals surface area contributed by atoms with E-state index in [-0.39, 0.29) is 25.2 Å². The van der Waals surface area contributed by atoms with Crippen LogP contribution in [0.15, 0.2) is 42.0 Å². The molecular weight excluding hydrogens is 444 g/mol. The summed E-state index contributed by atoms with van der Waals surface area (Å²) in [5.74, 6) is -0.0250. The van der Waals surface area contributed by atoms with Gasteiger partial charge in [-0.15, -0.1) is 11.8 Å². The summed E-state index contributed by atoms with van der Waals surface area (Å²) in [4.78, 5) is 39.1. The molecule has 4 rings (SSSR count). The van der Waals surface area contributed by atoms with Crippen LogP contribution in [0.3, 0.4) is 0 Å². The fourth-order valence-electron chi connectivity index (χ4n) is 4.15. The van der Waals surface area contributed by atoms with Crippen molar-refractivity contribution < 1.29 is 23.9 Å². The number of ether oxygens (including phenoxy) is 2. The van der Waals surface area contributed by atoms with Gasteiger partial charge in [0.25, 0.3) is 5.91 Å². The lowest BCUT2D eigenvalue weighted by Crippen LogP contribution is -2.44. The van der Waals surface area contributed by atoms with Crippen molar-refractivity contribution in [2.45, 2.75) is 49.4 Å². The smallest absolute Gasteiger partial charge is 0.414 e. The molecule has 33 heavy (non-hydrogen) atoms. The predicted molar refractivity (Wildman–Crippen MR) is 124 cm³/mol. The second-order valence-corrected chi connectivity index (χ2v) is 9.38. The van der Waals surface area contributed by atoms with Crippen molar-refractivity contribution in [1.82, 2.24) is 15.5 Å². The van der Waals surface area contributed by atoms with Crippen molar-refractivity contribution in [2.75, 3.05) is 25.5 Å². The summed E-state index contributed by atoms with van der Waals surface area (Å²) in [5, 5.41) is 4.69. The number of amides is 3. The van der Waals surface area contributed by atoms with Crippen LogP contribution >= 0.6 is 11.8 Å². The van der Waals surface area contributed by atoms with Crippen molar-refractivity contribution in [1.29, 1.82) is 0 Å². The molecule has 4 N–H and O–H groups in total. The zero-order valence-electron chi connectivity index (χ0n) is 18.4. The average molecular weight is 475 g/mol. The molecule has 0 spiro atoms. The number of nitrogens with one attached hydrogen (secondary N) is 2. The molecule has 0 saturated carbocycles. The number of alkyl carbamates (subject to hydrolysis) is 1. The summed E-state index contributed by atoms with van der Waals surface area (Å²) in [6.45, 7) is 1.38. The largest absolute Gasteiger partial charge is 0.447 e. The van der Waals surface area contributed by atoms with E-state index in [9.17, 15) is 14.4 Å². The molecule has 2 saturated heterocycles. The number of unbranched alkanes of at least 4 members (excludes halogenated alkanes) is 1. The summed E-state index contributed by atoms with van der Waals surface area (Å²) < 4.78 is 10.5. The number of nitrogens with zero attached hydrogens (tertiary/aromatic N) is 1. The maximum absolute atomic E-state index is 12.5. The molecule has 5 unspecified atom stereocenters. The average Bonchev–Trinajstić information content (AvgIpc) is 3.66. The standard InChI is InChI=1S/C23H30N4O5S/c24-10-5-4-8-17-18-19(27(17)18)21(29)25-22-16(9-13-33-22)20(28)26-23(30)32-12-11-31-14-15-6-2-1-3-7-15/h1-3,6-7,9,17-19,22H,4-5,8,10-14,24H2,(H,25,29)(H,26,28,30). The number of thioether (sulfide) groups is 1. The number of nitrogens with two attached hydrogens (primary N) is 1. The van der Waals surface area contributed by atoms with Crippen molar-refractivity contribution in [3.8, 4) is 0 Å². The molecule has 0 radical (unpaired) electrons. The van der Waals surface area contributed by atoms with E-state index in [0.717, 1.165) is 24.8 Å². The first-order chi connectivity index (χ1) is 16.1. The van der Waals surface area contributed by atoms with E-state index in [0.29, 0.717) is 36.6 Å². The van der Waals surface area contributed by atoms with Crippen LogP contribution in [-0.4, -0.2) is 71.8 Å². The highest BCUT2D eigenvalue weighted by molar-refractivity contribution is 8.00. The van der Waals surface area contributed by atoms with Crippen LogP contribution in [0.25, 0.3) is 0 Å². The van der Waals surface area contributed by atoms with E-state index < -0.39 is 17.4 Å². The van der Waals surface area contributed by atoms with Gasteiger partial charge in [0.15, 0.2) is 0 Å². The van der Waals surface area contributed by atoms with E-state index in [1.165, 1.54) is 11.8 Å². The van der Waals surface area contributed by atoms with Crippen LogP contribution < -0.4 is 16.4 Å². The van der Waals surface area contributed by atoms with Crippen molar-refractivity contribution in [3.63, 3.8) is 0 Å². The molecule has 9 nitrogen and oxygen atoms in total. The highest BCUT2D eigenvalue weighted by atomic mass is 32.2. The highest BCUT2D eigenvalue weighted by Crippen LogP contribution is 2.53. The molecule has 10 heteroatoms. The van der Waals surface area contributed by atoms with Crippen LogP contribution in [0, 0.1) is 0 Å². The topological polar surface area (TPSA) is 123 Å². The van der Waals surface area contributed by atoms with Crippen LogP contribution in [0.2, 0.25) is 0 Å². The quantitative estimate of drug-likeness (QED) is 0.304. The van der Waals surface area contributed by atoms with E-state index >= 15 is 0 Å². The van der Waals surface area contributed by atoms with Crippen molar-refractivity contribution >= 4 is 29.7 Å². The Morgan fingerprint density at radius 1 is 1.15 bits per heavy atom. The van der Waals surface area contributed by atoms with E-state index in [2.05, 4.69) is 15.5 Å². The molecule has 0 aromatic heterocycles. The van der Waals surface area contributed by atoms with E-state index in [4.69, 9.17) is 15.2 Å². The number of benzene rings is 1. The first kappa shape index (κ1) is 23.7. The minimum Gasteiger partial charge on any atom is -0.447 e. The number of hydrogen-bond acceptors (Lipinski definition) is 8. The minimum absolute atomic E-state index is 0.0330. The van der Waals surface area contributed by atoms with Gasteiger partial charge in [0.05, 0.1) is 19.3 Å². The lowest BCUT2D eigenvalue weighted by molar-refractivity contribution is -0.122. The summed E-state index contributed by atoms with van der Waals surface area (Å²) >= 11 is 1.45. The van der Waals surface area contributed by atoms with Gasteiger partial charge in [0.2, 0.25) is 5.91 Å². The Bertz CT molecular complexity index is 886. The minimum atomic E-state index is -0.832. The Labute approximate surface area is 197 Å². The molecule has 1 aromatic rings. The molecule has 3 aliphatic rings. The summed E-state index contributed by atoms with van der Waals surface area (Å²) in [5.41, 5.74) is 6.92. The number of carbonyl (C=O) groups is 3. The lowest BCUT2D eigenvalue weighted by Gasteiger charge is -2.18. The van der Waals surface area contributed by atoms with Gasteiger partial charge in [0.1, 0.15) is 18.0 Å². The highest BCUT2D eigenvalue weighted by Gasteiger charge is 2.73. The van der Waals surface area contributed by atoms with Gasteiger partial charge in [-0.1, -0.05) is 42.8 Å². The third-order valence-corrected chi connectivity index (χ3v) is 7.05.